The largest absolute Gasteiger partial charge is 0.457 e. The fourth-order valence-corrected chi connectivity index (χ4v) is 2.55. The van der Waals surface area contributed by atoms with Gasteiger partial charge >= 0.3 is 0 Å². The highest BCUT2D eigenvalue weighted by Crippen LogP contribution is 2.39. The van der Waals surface area contributed by atoms with E-state index in [-0.39, 0.29) is 22.6 Å². The van der Waals surface area contributed by atoms with Crippen LogP contribution in [0.15, 0.2) is 35.2 Å². The zero-order valence-corrected chi connectivity index (χ0v) is 14.6. The van der Waals surface area contributed by atoms with Crippen LogP contribution in [0.2, 0.25) is 0 Å². The maximum Gasteiger partial charge on any atom is 0.268 e. The fraction of sp³-hybridized carbons (Fsp3) is 0.222. The molecule has 0 fully saturated rings. The molecule has 0 aromatic heterocycles. The van der Waals surface area contributed by atoms with Gasteiger partial charge in [-0.1, -0.05) is 13.8 Å². The molecule has 0 spiro atoms. The second-order valence-corrected chi connectivity index (χ2v) is 5.20. The number of thioether (sulfide) groups is 1. The van der Waals surface area contributed by atoms with Crippen molar-refractivity contribution < 1.29 is 17.9 Å². The van der Waals surface area contributed by atoms with Gasteiger partial charge in [0, 0.05) is 11.0 Å². The fourth-order valence-electron chi connectivity index (χ4n) is 1.98. The highest BCUT2D eigenvalue weighted by molar-refractivity contribution is 7.98. The molecule has 0 aliphatic carbocycles. The summed E-state index contributed by atoms with van der Waals surface area (Å²) in [6.07, 6.45) is -1.27. The monoisotopic (exact) mass is 364 g/mol. The normalized spacial score (nSPS) is 9.64. The molecule has 2 aromatic rings. The average Bonchev–Trinajstić information content (AvgIpc) is 2.62. The summed E-state index contributed by atoms with van der Waals surface area (Å²) < 4.78 is 45.4. The van der Waals surface area contributed by atoms with Gasteiger partial charge in [-0.2, -0.15) is 10.5 Å². The lowest BCUT2D eigenvalue weighted by atomic mass is 10.1. The van der Waals surface area contributed by atoms with Crippen LogP contribution in [0.4, 0.5) is 13.2 Å². The van der Waals surface area contributed by atoms with E-state index < -0.39 is 17.8 Å². The van der Waals surface area contributed by atoms with Crippen LogP contribution in [0.25, 0.3) is 0 Å². The van der Waals surface area contributed by atoms with Crippen molar-refractivity contribution in [3.05, 3.63) is 52.8 Å². The van der Waals surface area contributed by atoms with Crippen molar-refractivity contribution in [3.63, 3.8) is 0 Å². The lowest BCUT2D eigenvalue weighted by Crippen LogP contribution is -1.98. The molecule has 0 N–H and O–H groups in total. The van der Waals surface area contributed by atoms with E-state index in [4.69, 9.17) is 15.3 Å². The smallest absolute Gasteiger partial charge is 0.268 e. The van der Waals surface area contributed by atoms with Crippen LogP contribution >= 0.6 is 11.8 Å². The highest BCUT2D eigenvalue weighted by atomic mass is 32.2. The Labute approximate surface area is 148 Å². The van der Waals surface area contributed by atoms with Gasteiger partial charge in [0.15, 0.2) is 0 Å². The summed E-state index contributed by atoms with van der Waals surface area (Å²) in [6, 6.07) is 9.48. The van der Waals surface area contributed by atoms with E-state index in [0.29, 0.717) is 4.90 Å². The van der Waals surface area contributed by atoms with E-state index >= 15 is 0 Å². The molecular formula is C18H15F3N2OS. The molecule has 0 bridgehead atoms. The third-order valence-corrected chi connectivity index (χ3v) is 3.73. The van der Waals surface area contributed by atoms with Gasteiger partial charge in [-0.05, 0) is 30.5 Å². The van der Waals surface area contributed by atoms with Gasteiger partial charge < -0.3 is 4.74 Å². The quantitative estimate of drug-likeness (QED) is 0.620. The van der Waals surface area contributed by atoms with E-state index in [1.54, 1.807) is 18.4 Å². The van der Waals surface area contributed by atoms with Crippen molar-refractivity contribution >= 4 is 11.8 Å². The first-order valence-corrected chi connectivity index (χ1v) is 8.50. The molecule has 0 atom stereocenters. The van der Waals surface area contributed by atoms with Crippen LogP contribution in [-0.2, 0) is 0 Å². The Balaban J connectivity index is 0.00000151. The number of ether oxygens (including phenoxy) is 1. The molecule has 0 radical (unpaired) electrons. The molecule has 130 valence electrons. The number of nitriles is 2. The van der Waals surface area contributed by atoms with Crippen molar-refractivity contribution in [2.75, 3.05) is 6.26 Å². The van der Waals surface area contributed by atoms with Crippen LogP contribution in [0, 0.1) is 28.5 Å². The molecule has 0 saturated carbocycles. The summed E-state index contributed by atoms with van der Waals surface area (Å²) in [5.41, 5.74) is -0.733. The van der Waals surface area contributed by atoms with Crippen molar-refractivity contribution in [2.24, 2.45) is 0 Å². The number of halogens is 3. The van der Waals surface area contributed by atoms with Gasteiger partial charge in [-0.3, -0.25) is 0 Å². The second-order valence-electron chi connectivity index (χ2n) is 4.36. The molecule has 2 rings (SSSR count). The SMILES string of the molecule is CC.CSc1ccc(Oc2cc(F)cc(C#N)c2)c(C(F)F)c1C#N. The molecule has 25 heavy (non-hydrogen) atoms. The molecule has 0 aliphatic rings. The van der Waals surface area contributed by atoms with Gasteiger partial charge in [-0.25, -0.2) is 13.2 Å². The number of hydrogen-bond acceptors (Lipinski definition) is 4. The summed E-state index contributed by atoms with van der Waals surface area (Å²) in [7, 11) is 0. The third kappa shape index (κ3) is 4.91. The Hall–Kier alpha value is -2.64. The van der Waals surface area contributed by atoms with Gasteiger partial charge in [0.05, 0.1) is 22.8 Å². The van der Waals surface area contributed by atoms with Crippen molar-refractivity contribution in [1.29, 1.82) is 10.5 Å². The van der Waals surface area contributed by atoms with E-state index in [0.717, 1.165) is 23.9 Å². The Morgan fingerprint density at radius 2 is 1.76 bits per heavy atom. The Kier molecular flexibility index (Phi) is 7.84. The average molecular weight is 364 g/mol. The molecule has 0 saturated heterocycles. The number of alkyl halides is 2. The molecule has 0 unspecified atom stereocenters. The van der Waals surface area contributed by atoms with Gasteiger partial charge in [-0.15, -0.1) is 11.8 Å². The van der Waals surface area contributed by atoms with E-state index in [2.05, 4.69) is 0 Å². The molecule has 2 aromatic carbocycles. The lowest BCUT2D eigenvalue weighted by molar-refractivity contribution is 0.147. The predicted molar refractivity (Wildman–Crippen MR) is 90.4 cm³/mol. The van der Waals surface area contributed by atoms with Crippen LogP contribution in [0.1, 0.15) is 37.0 Å². The predicted octanol–water partition coefficient (Wildman–Crippen LogP) is 6.05. The molecule has 7 heteroatoms. The zero-order chi connectivity index (χ0) is 19.0. The van der Waals surface area contributed by atoms with Gasteiger partial charge in [0.1, 0.15) is 23.4 Å². The minimum Gasteiger partial charge on any atom is -0.457 e. The number of benzene rings is 2. The highest BCUT2D eigenvalue weighted by Gasteiger charge is 2.22. The number of hydrogen-bond donors (Lipinski definition) is 0. The first kappa shape index (κ1) is 20.4. The number of nitrogens with zero attached hydrogens (tertiary/aromatic N) is 2. The third-order valence-electron chi connectivity index (χ3n) is 2.95. The maximum atomic E-state index is 13.4. The van der Waals surface area contributed by atoms with E-state index in [9.17, 15) is 13.2 Å². The first-order chi connectivity index (χ1) is 12.0. The zero-order valence-electron chi connectivity index (χ0n) is 13.8. The van der Waals surface area contributed by atoms with E-state index in [1.165, 1.54) is 18.2 Å². The maximum absolute atomic E-state index is 13.4. The summed E-state index contributed by atoms with van der Waals surface area (Å²) in [5, 5.41) is 17.9. The molecular weight excluding hydrogens is 349 g/mol. The van der Waals surface area contributed by atoms with Gasteiger partial charge in [0.25, 0.3) is 6.43 Å². The van der Waals surface area contributed by atoms with Crippen LogP contribution in [-0.4, -0.2) is 6.26 Å². The topological polar surface area (TPSA) is 56.8 Å². The van der Waals surface area contributed by atoms with Crippen molar-refractivity contribution in [3.8, 4) is 23.6 Å². The van der Waals surface area contributed by atoms with Crippen LogP contribution in [0.3, 0.4) is 0 Å². The van der Waals surface area contributed by atoms with E-state index in [1.807, 2.05) is 13.8 Å². The Morgan fingerprint density at radius 1 is 1.08 bits per heavy atom. The minimum absolute atomic E-state index is 0.000150. The Bertz CT molecular complexity index is 826. The summed E-state index contributed by atoms with van der Waals surface area (Å²) >= 11 is 1.16. The summed E-state index contributed by atoms with van der Waals surface area (Å²) in [5.74, 6) is -1.06. The molecule has 3 nitrogen and oxygen atoms in total. The van der Waals surface area contributed by atoms with Gasteiger partial charge in [0.2, 0.25) is 0 Å². The first-order valence-electron chi connectivity index (χ1n) is 7.27. The lowest BCUT2D eigenvalue weighted by Gasteiger charge is -2.14. The molecule has 0 aliphatic heterocycles. The number of rotatable bonds is 4. The van der Waals surface area contributed by atoms with Crippen molar-refractivity contribution in [2.45, 2.75) is 25.2 Å². The molecule has 0 amide bonds. The Morgan fingerprint density at radius 3 is 2.28 bits per heavy atom. The summed E-state index contributed by atoms with van der Waals surface area (Å²) in [6.45, 7) is 4.00. The van der Waals surface area contributed by atoms with Crippen molar-refractivity contribution in [1.82, 2.24) is 0 Å². The van der Waals surface area contributed by atoms with Crippen LogP contribution in [0.5, 0.6) is 11.5 Å². The second kappa shape index (κ2) is 9.61. The minimum atomic E-state index is -2.93. The summed E-state index contributed by atoms with van der Waals surface area (Å²) in [4.78, 5) is 0.395. The van der Waals surface area contributed by atoms with Crippen LogP contribution < -0.4 is 4.74 Å². The molecule has 0 heterocycles. The standard InChI is InChI=1S/C16H9F3N2OS.C2H6/c1-23-14-3-2-13(15(16(18)19)12(14)8-21)22-11-5-9(7-20)4-10(17)6-11;1-2/h2-6,16H,1H3;1-2H3.